The van der Waals surface area contributed by atoms with E-state index < -0.39 is 0 Å². The topological polar surface area (TPSA) is 79.4 Å². The molecule has 2 aromatic carbocycles. The number of ether oxygens (including phenoxy) is 1. The Labute approximate surface area is 209 Å². The van der Waals surface area contributed by atoms with Crippen LogP contribution in [0.5, 0.6) is 0 Å². The smallest absolute Gasteiger partial charge is 0.226 e. The van der Waals surface area contributed by atoms with Gasteiger partial charge in [-0.05, 0) is 29.8 Å². The molecule has 2 aromatic heterocycles. The Balaban J connectivity index is 1.48. The molecule has 5 rings (SSSR count). The molecule has 1 saturated heterocycles. The van der Waals surface area contributed by atoms with E-state index in [0.29, 0.717) is 6.54 Å². The van der Waals surface area contributed by atoms with Gasteiger partial charge < -0.3 is 15.4 Å². The fraction of sp³-hybridized carbons (Fsp3) is 0.296. The van der Waals surface area contributed by atoms with Gasteiger partial charge in [0.2, 0.25) is 5.91 Å². The number of hydrogen-bond acceptors (Lipinski definition) is 7. The van der Waals surface area contributed by atoms with Crippen molar-refractivity contribution < 1.29 is 9.53 Å². The van der Waals surface area contributed by atoms with Gasteiger partial charge >= 0.3 is 0 Å². The van der Waals surface area contributed by atoms with Gasteiger partial charge in [0, 0.05) is 41.3 Å². The number of anilines is 3. The predicted octanol–water partition coefficient (Wildman–Crippen LogP) is 5.53. The summed E-state index contributed by atoms with van der Waals surface area (Å²) in [5, 5.41) is 9.63. The van der Waals surface area contributed by atoms with E-state index in [1.165, 1.54) is 0 Å². The lowest BCUT2D eigenvalue weighted by Crippen LogP contribution is -2.36. The summed E-state index contributed by atoms with van der Waals surface area (Å²) in [6, 6.07) is 18.1. The Hall–Kier alpha value is -3.33. The van der Waals surface area contributed by atoms with Gasteiger partial charge in [0.15, 0.2) is 0 Å². The highest BCUT2D eigenvalue weighted by atomic mass is 32.1. The van der Waals surface area contributed by atoms with Gasteiger partial charge in [0.1, 0.15) is 16.5 Å². The first-order valence-electron chi connectivity index (χ1n) is 11.9. The maximum Gasteiger partial charge on any atom is 0.226 e. The summed E-state index contributed by atoms with van der Waals surface area (Å²) in [5.41, 5.74) is 3.93. The van der Waals surface area contributed by atoms with Crippen LogP contribution in [0.4, 0.5) is 17.2 Å². The molecule has 3 heterocycles. The maximum absolute atomic E-state index is 12.0. The summed E-state index contributed by atoms with van der Waals surface area (Å²) in [4.78, 5) is 25.2. The predicted molar refractivity (Wildman–Crippen MR) is 142 cm³/mol. The molecule has 8 heteroatoms. The molecule has 0 unspecified atom stereocenters. The molecule has 180 valence electrons. The Morgan fingerprint density at radius 2 is 1.74 bits per heavy atom. The van der Waals surface area contributed by atoms with Gasteiger partial charge in [-0.2, -0.15) is 0 Å². The molecule has 1 amide bonds. The van der Waals surface area contributed by atoms with Crippen LogP contribution in [0, 0.1) is 5.92 Å². The zero-order chi connectivity index (χ0) is 24.2. The molecule has 0 saturated carbocycles. The molecule has 35 heavy (non-hydrogen) atoms. The van der Waals surface area contributed by atoms with Crippen LogP contribution in [0.2, 0.25) is 0 Å². The minimum atomic E-state index is -0.0676. The molecular weight excluding hydrogens is 458 g/mol. The lowest BCUT2D eigenvalue weighted by Gasteiger charge is -2.25. The number of nitrogens with zero attached hydrogens (tertiary/aromatic N) is 3. The molecule has 0 spiro atoms. The molecule has 0 atom stereocenters. The van der Waals surface area contributed by atoms with Crippen molar-refractivity contribution in [3.05, 3.63) is 65.8 Å². The quantitative estimate of drug-likeness (QED) is 0.357. The van der Waals surface area contributed by atoms with E-state index in [1.807, 2.05) is 56.3 Å². The van der Waals surface area contributed by atoms with Crippen LogP contribution in [0.3, 0.4) is 0 Å². The molecule has 1 aliphatic rings. The van der Waals surface area contributed by atoms with Crippen LogP contribution in [0.15, 0.2) is 60.0 Å². The van der Waals surface area contributed by atoms with Crippen LogP contribution in [0.1, 0.15) is 19.7 Å². The average Bonchev–Trinajstić information content (AvgIpc) is 3.31. The third-order valence-corrected chi connectivity index (χ3v) is 6.85. The second kappa shape index (κ2) is 10.5. The Kier molecular flexibility index (Phi) is 7.03. The van der Waals surface area contributed by atoms with Crippen molar-refractivity contribution in [3.63, 3.8) is 0 Å². The first-order valence-corrected chi connectivity index (χ1v) is 12.8. The molecule has 0 aliphatic carbocycles. The highest BCUT2D eigenvalue weighted by Gasteiger charge is 2.18. The minimum Gasteiger partial charge on any atom is -0.379 e. The van der Waals surface area contributed by atoms with Crippen molar-refractivity contribution >= 4 is 44.7 Å². The van der Waals surface area contributed by atoms with E-state index in [0.717, 1.165) is 70.7 Å². The number of aromatic nitrogens is 2. The van der Waals surface area contributed by atoms with E-state index in [9.17, 15) is 4.79 Å². The summed E-state index contributed by atoms with van der Waals surface area (Å²) < 4.78 is 5.49. The zero-order valence-corrected chi connectivity index (χ0v) is 20.8. The highest BCUT2D eigenvalue weighted by molar-refractivity contribution is 7.17. The highest BCUT2D eigenvalue weighted by Crippen LogP contribution is 2.38. The third kappa shape index (κ3) is 5.51. The zero-order valence-electron chi connectivity index (χ0n) is 20.0. The summed E-state index contributed by atoms with van der Waals surface area (Å²) in [6.45, 7) is 7.69. The third-order valence-electron chi connectivity index (χ3n) is 5.97. The number of carbonyl (C=O) groups is 1. The second-order valence-corrected chi connectivity index (χ2v) is 9.78. The number of carbonyl (C=O) groups excluding carboxylic acids is 1. The molecule has 1 aliphatic heterocycles. The maximum atomic E-state index is 12.0. The lowest BCUT2D eigenvalue weighted by molar-refractivity contribution is -0.118. The van der Waals surface area contributed by atoms with Crippen LogP contribution in [-0.2, 0) is 16.1 Å². The normalized spacial score (nSPS) is 14.4. The van der Waals surface area contributed by atoms with Crippen molar-refractivity contribution in [2.24, 2.45) is 5.92 Å². The number of amides is 1. The van der Waals surface area contributed by atoms with Gasteiger partial charge in [-0.15, -0.1) is 11.3 Å². The fourth-order valence-electron chi connectivity index (χ4n) is 4.00. The molecule has 7 nitrogen and oxygen atoms in total. The average molecular weight is 488 g/mol. The van der Waals surface area contributed by atoms with Crippen LogP contribution < -0.4 is 10.6 Å². The van der Waals surface area contributed by atoms with Crippen molar-refractivity contribution in [2.75, 3.05) is 36.9 Å². The molecule has 0 radical (unpaired) electrons. The molecular formula is C27H29N5O2S. The summed E-state index contributed by atoms with van der Waals surface area (Å²) >= 11 is 1.64. The Morgan fingerprint density at radius 3 is 2.46 bits per heavy atom. The molecule has 0 bridgehead atoms. The number of nitrogens with one attached hydrogen (secondary N) is 2. The number of rotatable bonds is 7. The number of hydrogen-bond donors (Lipinski definition) is 2. The van der Waals surface area contributed by atoms with E-state index in [2.05, 4.69) is 33.0 Å². The van der Waals surface area contributed by atoms with Crippen LogP contribution in [0.25, 0.3) is 21.3 Å². The molecule has 2 N–H and O–H groups in total. The summed E-state index contributed by atoms with van der Waals surface area (Å²) in [6.07, 6.45) is 0. The lowest BCUT2D eigenvalue weighted by atomic mass is 10.1. The van der Waals surface area contributed by atoms with Gasteiger partial charge in [0.25, 0.3) is 0 Å². The standard InChI is InChI=1S/C27H29N5O2S/c1-18(2)26(33)29-21-10-8-20(9-11-21)28-25-24-22(19-6-4-3-5-7-19)17-35-27(24)31-23(30-25)16-32-12-14-34-15-13-32/h3-11,17-18H,12-16H2,1-2H3,(H,29,33)(H,28,30,31). The number of morpholine rings is 1. The number of thiophene rings is 1. The minimum absolute atomic E-state index is 0.00162. The number of fused-ring (bicyclic) bond motifs is 1. The molecule has 4 aromatic rings. The van der Waals surface area contributed by atoms with Crippen molar-refractivity contribution in [1.82, 2.24) is 14.9 Å². The van der Waals surface area contributed by atoms with Gasteiger partial charge in [-0.25, -0.2) is 9.97 Å². The Bertz CT molecular complexity index is 1300. The SMILES string of the molecule is CC(C)C(=O)Nc1ccc(Nc2nc(CN3CCOCC3)nc3scc(-c4ccccc4)c23)cc1. The largest absolute Gasteiger partial charge is 0.379 e. The first-order chi connectivity index (χ1) is 17.1. The van der Waals surface area contributed by atoms with Crippen molar-refractivity contribution in [1.29, 1.82) is 0 Å². The van der Waals surface area contributed by atoms with Gasteiger partial charge in [0.05, 0.1) is 25.1 Å². The fourth-order valence-corrected chi connectivity index (χ4v) is 4.96. The van der Waals surface area contributed by atoms with Gasteiger partial charge in [-0.1, -0.05) is 44.2 Å². The van der Waals surface area contributed by atoms with Crippen LogP contribution in [-0.4, -0.2) is 47.1 Å². The monoisotopic (exact) mass is 487 g/mol. The van der Waals surface area contributed by atoms with Crippen molar-refractivity contribution in [2.45, 2.75) is 20.4 Å². The van der Waals surface area contributed by atoms with E-state index in [4.69, 9.17) is 14.7 Å². The van der Waals surface area contributed by atoms with Gasteiger partial charge in [-0.3, -0.25) is 9.69 Å². The van der Waals surface area contributed by atoms with E-state index in [-0.39, 0.29) is 11.8 Å². The van der Waals surface area contributed by atoms with Crippen LogP contribution >= 0.6 is 11.3 Å². The Morgan fingerprint density at radius 1 is 1.03 bits per heavy atom. The summed E-state index contributed by atoms with van der Waals surface area (Å²) in [7, 11) is 0. The molecule has 1 fully saturated rings. The van der Waals surface area contributed by atoms with E-state index >= 15 is 0 Å². The summed E-state index contributed by atoms with van der Waals surface area (Å²) in [5.74, 6) is 1.52. The van der Waals surface area contributed by atoms with E-state index in [1.54, 1.807) is 11.3 Å². The van der Waals surface area contributed by atoms with Crippen molar-refractivity contribution in [3.8, 4) is 11.1 Å². The first kappa shape index (κ1) is 23.4. The number of benzene rings is 2. The second-order valence-electron chi connectivity index (χ2n) is 8.92.